The van der Waals surface area contributed by atoms with Crippen LogP contribution < -0.4 is 5.32 Å². The minimum absolute atomic E-state index is 0.166. The van der Waals surface area contributed by atoms with Crippen molar-refractivity contribution in [2.24, 2.45) is 0 Å². The molecule has 0 aromatic carbocycles. The number of carbonyl (C=O) groups excluding carboxylic acids is 1. The lowest BCUT2D eigenvalue weighted by molar-refractivity contribution is -0.132. The van der Waals surface area contributed by atoms with Gasteiger partial charge in [0, 0.05) is 24.8 Å². The number of rotatable bonds is 4. The summed E-state index contributed by atoms with van der Waals surface area (Å²) in [5.74, 6) is 1.65. The Hall–Kier alpha value is -1.65. The normalized spacial score (nSPS) is 16.9. The number of amides is 1. The number of anilines is 1. The lowest BCUT2D eigenvalue weighted by Crippen LogP contribution is -2.44. The van der Waals surface area contributed by atoms with Gasteiger partial charge in [0.05, 0.1) is 0 Å². The topological polar surface area (TPSA) is 58.1 Å². The maximum Gasteiger partial charge on any atom is 0.244 e. The van der Waals surface area contributed by atoms with Crippen LogP contribution in [0, 0.1) is 6.92 Å². The minimum Gasteiger partial charge on any atom is -0.359 e. The van der Waals surface area contributed by atoms with E-state index >= 15 is 0 Å². The van der Waals surface area contributed by atoms with E-state index in [2.05, 4.69) is 22.2 Å². The number of likely N-dealkylation sites (tertiary alicyclic amines) is 1. The Kier molecular flexibility index (Phi) is 4.93. The highest BCUT2D eigenvalue weighted by atomic mass is 16.2. The van der Waals surface area contributed by atoms with Gasteiger partial charge in [0.1, 0.15) is 17.7 Å². The Balaban J connectivity index is 2.01. The standard InChI is InChI=1S/C15H24N4O/c1-4-13-10-14(18-12(3)17-13)16-11(2)15(20)19-8-6-5-7-9-19/h10-11H,4-9H2,1-3H3,(H,16,17,18). The van der Waals surface area contributed by atoms with Crippen LogP contribution in [0.2, 0.25) is 0 Å². The predicted octanol–water partition coefficient (Wildman–Crippen LogP) is 2.16. The van der Waals surface area contributed by atoms with Gasteiger partial charge in [0.2, 0.25) is 5.91 Å². The molecule has 2 heterocycles. The van der Waals surface area contributed by atoms with E-state index < -0.39 is 0 Å². The summed E-state index contributed by atoms with van der Waals surface area (Å²) in [7, 11) is 0. The number of hydrogen-bond donors (Lipinski definition) is 1. The summed E-state index contributed by atoms with van der Waals surface area (Å²) < 4.78 is 0. The lowest BCUT2D eigenvalue weighted by atomic mass is 10.1. The van der Waals surface area contributed by atoms with Crippen molar-refractivity contribution in [3.05, 3.63) is 17.6 Å². The number of hydrogen-bond acceptors (Lipinski definition) is 4. The summed E-state index contributed by atoms with van der Waals surface area (Å²) in [6.07, 6.45) is 4.33. The fourth-order valence-corrected chi connectivity index (χ4v) is 2.56. The van der Waals surface area contributed by atoms with Gasteiger partial charge in [-0.05, 0) is 39.5 Å². The van der Waals surface area contributed by atoms with Crippen LogP contribution in [0.5, 0.6) is 0 Å². The number of nitrogens with one attached hydrogen (secondary N) is 1. The molecule has 1 fully saturated rings. The number of aromatic nitrogens is 2. The Labute approximate surface area is 120 Å². The second-order valence-corrected chi connectivity index (χ2v) is 5.40. The highest BCUT2D eigenvalue weighted by Crippen LogP contribution is 2.13. The predicted molar refractivity (Wildman–Crippen MR) is 79.7 cm³/mol. The molecule has 20 heavy (non-hydrogen) atoms. The van der Waals surface area contributed by atoms with E-state index in [1.54, 1.807) is 0 Å². The third-order valence-electron chi connectivity index (χ3n) is 3.66. The summed E-state index contributed by atoms with van der Waals surface area (Å²) in [6.45, 7) is 7.61. The van der Waals surface area contributed by atoms with Crippen molar-refractivity contribution in [1.82, 2.24) is 14.9 Å². The maximum atomic E-state index is 12.4. The van der Waals surface area contributed by atoms with Gasteiger partial charge in [-0.2, -0.15) is 0 Å². The van der Waals surface area contributed by atoms with E-state index in [9.17, 15) is 4.79 Å². The number of carbonyl (C=O) groups is 1. The van der Waals surface area contributed by atoms with Gasteiger partial charge in [0.15, 0.2) is 0 Å². The van der Waals surface area contributed by atoms with E-state index in [0.29, 0.717) is 0 Å². The molecule has 1 amide bonds. The van der Waals surface area contributed by atoms with Gasteiger partial charge in [-0.3, -0.25) is 4.79 Å². The van der Waals surface area contributed by atoms with Crippen molar-refractivity contribution in [1.29, 1.82) is 0 Å². The van der Waals surface area contributed by atoms with Gasteiger partial charge in [-0.1, -0.05) is 6.92 Å². The van der Waals surface area contributed by atoms with E-state index in [1.807, 2.05) is 24.8 Å². The van der Waals surface area contributed by atoms with Crippen LogP contribution in [0.25, 0.3) is 0 Å². The zero-order chi connectivity index (χ0) is 14.5. The molecule has 5 heteroatoms. The average molecular weight is 276 g/mol. The second kappa shape index (κ2) is 6.68. The first-order valence-corrected chi connectivity index (χ1v) is 7.50. The molecule has 1 aliphatic rings. The van der Waals surface area contributed by atoms with Crippen molar-refractivity contribution >= 4 is 11.7 Å². The molecule has 0 spiro atoms. The zero-order valence-corrected chi connectivity index (χ0v) is 12.6. The van der Waals surface area contributed by atoms with Crippen molar-refractivity contribution in [3.63, 3.8) is 0 Å². The van der Waals surface area contributed by atoms with Crippen LogP contribution in [0.15, 0.2) is 6.07 Å². The molecule has 5 nitrogen and oxygen atoms in total. The van der Waals surface area contributed by atoms with Crippen molar-refractivity contribution in [2.45, 2.75) is 52.5 Å². The largest absolute Gasteiger partial charge is 0.359 e. The van der Waals surface area contributed by atoms with Crippen molar-refractivity contribution < 1.29 is 4.79 Å². The van der Waals surface area contributed by atoms with Crippen LogP contribution in [-0.2, 0) is 11.2 Å². The fraction of sp³-hybridized carbons (Fsp3) is 0.667. The number of piperidine rings is 1. The van der Waals surface area contributed by atoms with E-state index in [-0.39, 0.29) is 11.9 Å². The molecule has 0 bridgehead atoms. The molecule has 2 rings (SSSR count). The summed E-state index contributed by atoms with van der Waals surface area (Å²) in [5, 5.41) is 3.21. The van der Waals surface area contributed by atoms with E-state index in [1.165, 1.54) is 6.42 Å². The van der Waals surface area contributed by atoms with Gasteiger partial charge in [0.25, 0.3) is 0 Å². The summed E-state index contributed by atoms with van der Waals surface area (Å²) in [5.41, 5.74) is 0.998. The third kappa shape index (κ3) is 3.68. The molecule has 1 atom stereocenters. The second-order valence-electron chi connectivity index (χ2n) is 5.40. The minimum atomic E-state index is -0.243. The van der Waals surface area contributed by atoms with Gasteiger partial charge in [-0.25, -0.2) is 9.97 Å². The molecule has 1 unspecified atom stereocenters. The molecular weight excluding hydrogens is 252 g/mol. The van der Waals surface area contributed by atoms with E-state index in [0.717, 1.165) is 49.7 Å². The highest BCUT2D eigenvalue weighted by molar-refractivity contribution is 5.84. The van der Waals surface area contributed by atoms with Gasteiger partial charge in [-0.15, -0.1) is 0 Å². The Morgan fingerprint density at radius 3 is 2.70 bits per heavy atom. The summed E-state index contributed by atoms with van der Waals surface area (Å²) >= 11 is 0. The first-order valence-electron chi connectivity index (χ1n) is 7.50. The molecule has 0 saturated carbocycles. The Bertz CT molecular complexity index is 469. The molecule has 110 valence electrons. The molecule has 0 aliphatic carbocycles. The quantitative estimate of drug-likeness (QED) is 0.915. The maximum absolute atomic E-state index is 12.4. The molecular formula is C15H24N4O. The Morgan fingerprint density at radius 2 is 2.05 bits per heavy atom. The molecule has 1 N–H and O–H groups in total. The highest BCUT2D eigenvalue weighted by Gasteiger charge is 2.22. The fourth-order valence-electron chi connectivity index (χ4n) is 2.56. The lowest BCUT2D eigenvalue weighted by Gasteiger charge is -2.29. The van der Waals surface area contributed by atoms with Gasteiger partial charge < -0.3 is 10.2 Å². The monoisotopic (exact) mass is 276 g/mol. The first kappa shape index (κ1) is 14.8. The molecule has 1 aliphatic heterocycles. The molecule has 1 saturated heterocycles. The average Bonchev–Trinajstić information content (AvgIpc) is 2.46. The number of nitrogens with zero attached hydrogens (tertiary/aromatic N) is 3. The molecule has 1 aromatic rings. The molecule has 0 radical (unpaired) electrons. The van der Waals surface area contributed by atoms with Crippen LogP contribution in [0.4, 0.5) is 5.82 Å². The van der Waals surface area contributed by atoms with Crippen molar-refractivity contribution in [2.75, 3.05) is 18.4 Å². The number of aryl methyl sites for hydroxylation is 2. The molecule has 1 aromatic heterocycles. The van der Waals surface area contributed by atoms with Gasteiger partial charge >= 0.3 is 0 Å². The van der Waals surface area contributed by atoms with Crippen molar-refractivity contribution in [3.8, 4) is 0 Å². The Morgan fingerprint density at radius 1 is 1.35 bits per heavy atom. The van der Waals surface area contributed by atoms with Crippen LogP contribution in [0.1, 0.15) is 44.6 Å². The van der Waals surface area contributed by atoms with Crippen LogP contribution >= 0.6 is 0 Å². The summed E-state index contributed by atoms with van der Waals surface area (Å²) in [4.78, 5) is 23.0. The SMILES string of the molecule is CCc1cc(NC(C)C(=O)N2CCCCC2)nc(C)n1. The zero-order valence-electron chi connectivity index (χ0n) is 12.6. The van der Waals surface area contributed by atoms with E-state index in [4.69, 9.17) is 0 Å². The smallest absolute Gasteiger partial charge is 0.244 e. The van der Waals surface area contributed by atoms with Crippen LogP contribution in [0.3, 0.4) is 0 Å². The van der Waals surface area contributed by atoms with Crippen LogP contribution in [-0.4, -0.2) is 39.9 Å². The third-order valence-corrected chi connectivity index (χ3v) is 3.66. The summed E-state index contributed by atoms with van der Waals surface area (Å²) in [6, 6.07) is 1.68. The first-order chi connectivity index (χ1) is 9.60.